The first kappa shape index (κ1) is 8.78. The van der Waals surface area contributed by atoms with Gasteiger partial charge in [0.25, 0.3) is 0 Å². The van der Waals surface area contributed by atoms with Crippen molar-refractivity contribution in [1.82, 2.24) is 15.2 Å². The Hall–Kier alpha value is -2.50. The Morgan fingerprint density at radius 1 is 0.875 bits per heavy atom. The fourth-order valence-electron chi connectivity index (χ4n) is 1.38. The largest absolute Gasteiger partial charge is 0.371 e. The summed E-state index contributed by atoms with van der Waals surface area (Å²) in [6.07, 6.45) is 0. The number of hydrogen-bond donors (Lipinski definition) is 0. The number of benzene rings is 1. The third-order valence-electron chi connectivity index (χ3n) is 2.09. The van der Waals surface area contributed by atoms with Gasteiger partial charge in [0.05, 0.1) is 0 Å². The summed E-state index contributed by atoms with van der Waals surface area (Å²) in [6.45, 7) is 0. The molecule has 0 N–H and O–H groups in total. The Kier molecular flexibility index (Phi) is 1.79. The van der Waals surface area contributed by atoms with Crippen LogP contribution in [0.2, 0.25) is 0 Å². The first-order chi connectivity index (χ1) is 7.83. The van der Waals surface area contributed by atoms with Crippen molar-refractivity contribution in [1.29, 1.82) is 0 Å². The number of rotatable bonds is 1. The lowest BCUT2D eigenvalue weighted by atomic mass is 10.2. The fraction of sp³-hybridized carbons (Fsp3) is 0. The maximum Gasteiger partial charge on any atom is 0.371 e. The van der Waals surface area contributed by atoms with Crippen molar-refractivity contribution in [3.8, 4) is 11.4 Å². The molecule has 16 heavy (non-hydrogen) atoms. The fourth-order valence-corrected chi connectivity index (χ4v) is 1.38. The van der Waals surface area contributed by atoms with Crippen LogP contribution in [0.1, 0.15) is 0 Å². The molecule has 0 radical (unpaired) electrons. The molecule has 2 heterocycles. The Bertz CT molecular complexity index is 680. The molecule has 0 bridgehead atoms. The van der Waals surface area contributed by atoms with Crippen molar-refractivity contribution in [2.45, 2.75) is 0 Å². The maximum absolute atomic E-state index is 10.9. The molecular weight excluding hydrogens is 206 g/mol. The highest BCUT2D eigenvalue weighted by Gasteiger charge is 2.09. The predicted molar refractivity (Wildman–Crippen MR) is 53.0 cm³/mol. The minimum Gasteiger partial charge on any atom is -0.244 e. The van der Waals surface area contributed by atoms with Crippen molar-refractivity contribution in [2.75, 3.05) is 0 Å². The summed E-state index contributed by atoms with van der Waals surface area (Å²) >= 11 is 0. The van der Waals surface area contributed by atoms with Gasteiger partial charge in [0.1, 0.15) is 0 Å². The highest BCUT2D eigenvalue weighted by Crippen LogP contribution is 2.09. The quantitative estimate of drug-likeness (QED) is 0.660. The standard InChI is InChI=1S/C10H5N5O/c16-10-12-8-9(13-10)15-14-7(11-8)6-4-2-1-3-5-6/h1-5H. The smallest absolute Gasteiger partial charge is 0.244 e. The van der Waals surface area contributed by atoms with Crippen LogP contribution in [0.15, 0.2) is 40.3 Å². The molecule has 1 aliphatic heterocycles. The van der Waals surface area contributed by atoms with Gasteiger partial charge in [-0.25, -0.2) is 9.78 Å². The SMILES string of the molecule is O=C1N=c2nnc(-c3ccccc3)nc2=N1. The van der Waals surface area contributed by atoms with Crippen LogP contribution in [-0.4, -0.2) is 21.2 Å². The molecule has 0 saturated heterocycles. The van der Waals surface area contributed by atoms with E-state index < -0.39 is 6.03 Å². The van der Waals surface area contributed by atoms with Gasteiger partial charge in [0.15, 0.2) is 5.82 Å². The molecule has 0 aliphatic carbocycles. The van der Waals surface area contributed by atoms with Gasteiger partial charge < -0.3 is 0 Å². The van der Waals surface area contributed by atoms with E-state index in [4.69, 9.17) is 0 Å². The van der Waals surface area contributed by atoms with Crippen molar-refractivity contribution < 1.29 is 4.79 Å². The summed E-state index contributed by atoms with van der Waals surface area (Å²) < 4.78 is 0. The van der Waals surface area contributed by atoms with Crippen molar-refractivity contribution in [2.24, 2.45) is 9.98 Å². The summed E-state index contributed by atoms with van der Waals surface area (Å²) in [5.41, 5.74) is 1.25. The van der Waals surface area contributed by atoms with E-state index in [1.165, 1.54) is 0 Å². The molecule has 6 nitrogen and oxygen atoms in total. The van der Waals surface area contributed by atoms with Crippen LogP contribution in [0, 0.1) is 0 Å². The first-order valence-corrected chi connectivity index (χ1v) is 4.60. The third-order valence-corrected chi connectivity index (χ3v) is 2.09. The zero-order chi connectivity index (χ0) is 11.0. The molecule has 0 saturated carbocycles. The van der Waals surface area contributed by atoms with Crippen LogP contribution in [0.25, 0.3) is 11.4 Å². The predicted octanol–water partition coefficient (Wildman–Crippen LogP) is -0.0886. The Labute approximate surface area is 89.4 Å². The second-order valence-electron chi connectivity index (χ2n) is 3.15. The lowest BCUT2D eigenvalue weighted by molar-refractivity contribution is 0.256. The molecule has 1 aliphatic rings. The lowest BCUT2D eigenvalue weighted by Crippen LogP contribution is -2.30. The number of fused-ring (bicyclic) bond motifs is 1. The van der Waals surface area contributed by atoms with Gasteiger partial charge in [-0.2, -0.15) is 9.98 Å². The average molecular weight is 211 g/mol. The lowest BCUT2D eigenvalue weighted by Gasteiger charge is -1.95. The molecule has 2 amide bonds. The summed E-state index contributed by atoms with van der Waals surface area (Å²) in [5.74, 6) is 0.438. The van der Waals surface area contributed by atoms with Crippen molar-refractivity contribution in [3.63, 3.8) is 0 Å². The van der Waals surface area contributed by atoms with Gasteiger partial charge in [-0.3, -0.25) is 0 Å². The molecular formula is C10H5N5O. The zero-order valence-electron chi connectivity index (χ0n) is 8.03. The summed E-state index contributed by atoms with van der Waals surface area (Å²) in [6, 6.07) is 8.78. The van der Waals surface area contributed by atoms with Gasteiger partial charge >= 0.3 is 6.03 Å². The van der Waals surface area contributed by atoms with Crippen LogP contribution in [-0.2, 0) is 0 Å². The normalized spacial score (nSPS) is 12.9. The number of hydrogen-bond acceptors (Lipinski definition) is 4. The number of carbonyl (C=O) groups excluding carboxylic acids is 1. The number of nitrogens with zero attached hydrogens (tertiary/aromatic N) is 5. The molecule has 0 unspecified atom stereocenters. The van der Waals surface area contributed by atoms with Crippen molar-refractivity contribution in [3.05, 3.63) is 41.3 Å². The van der Waals surface area contributed by atoms with Gasteiger partial charge in [0, 0.05) is 5.56 Å². The average Bonchev–Trinajstić information content (AvgIpc) is 2.69. The molecule has 0 fully saturated rings. The van der Waals surface area contributed by atoms with Gasteiger partial charge in [-0.1, -0.05) is 30.3 Å². The van der Waals surface area contributed by atoms with E-state index in [1.807, 2.05) is 30.3 Å². The van der Waals surface area contributed by atoms with E-state index in [0.29, 0.717) is 5.82 Å². The topological polar surface area (TPSA) is 80.5 Å². The second kappa shape index (κ2) is 3.27. The first-order valence-electron chi connectivity index (χ1n) is 4.60. The minimum atomic E-state index is -0.581. The molecule has 0 atom stereocenters. The molecule has 3 rings (SSSR count). The molecule has 2 aromatic rings. The monoisotopic (exact) mass is 211 g/mol. The number of urea groups is 1. The zero-order valence-corrected chi connectivity index (χ0v) is 8.03. The van der Waals surface area contributed by atoms with Gasteiger partial charge in [-0.15, -0.1) is 10.2 Å². The summed E-state index contributed by atoms with van der Waals surface area (Å²) in [4.78, 5) is 22.2. The molecule has 6 heteroatoms. The van der Waals surface area contributed by atoms with E-state index in [-0.39, 0.29) is 11.0 Å². The molecule has 1 aromatic heterocycles. The van der Waals surface area contributed by atoms with Crippen LogP contribution in [0.5, 0.6) is 0 Å². The van der Waals surface area contributed by atoms with E-state index in [1.54, 1.807) is 0 Å². The summed E-state index contributed by atoms with van der Waals surface area (Å²) in [5, 5.41) is 7.68. The number of amides is 2. The van der Waals surface area contributed by atoms with E-state index in [0.717, 1.165) is 5.56 Å². The Balaban J connectivity index is 2.21. The molecule has 76 valence electrons. The van der Waals surface area contributed by atoms with E-state index in [9.17, 15) is 4.79 Å². The second-order valence-corrected chi connectivity index (χ2v) is 3.15. The minimum absolute atomic E-state index is 0.185. The van der Waals surface area contributed by atoms with Crippen LogP contribution < -0.4 is 11.0 Å². The van der Waals surface area contributed by atoms with Crippen LogP contribution >= 0.6 is 0 Å². The van der Waals surface area contributed by atoms with Gasteiger partial charge in [0.2, 0.25) is 11.0 Å². The van der Waals surface area contributed by atoms with Crippen molar-refractivity contribution >= 4 is 6.03 Å². The Morgan fingerprint density at radius 3 is 2.44 bits per heavy atom. The highest BCUT2D eigenvalue weighted by atomic mass is 16.2. The number of carbonyl (C=O) groups is 1. The third kappa shape index (κ3) is 1.36. The Morgan fingerprint density at radius 2 is 1.62 bits per heavy atom. The van der Waals surface area contributed by atoms with Crippen LogP contribution in [0.3, 0.4) is 0 Å². The van der Waals surface area contributed by atoms with E-state index >= 15 is 0 Å². The highest BCUT2D eigenvalue weighted by molar-refractivity contribution is 5.76. The van der Waals surface area contributed by atoms with Crippen LogP contribution in [0.4, 0.5) is 4.79 Å². The van der Waals surface area contributed by atoms with E-state index in [2.05, 4.69) is 25.2 Å². The summed E-state index contributed by atoms with van der Waals surface area (Å²) in [7, 11) is 0. The molecule has 0 spiro atoms. The maximum atomic E-state index is 10.9. The molecule has 1 aromatic carbocycles. The number of aromatic nitrogens is 3. The van der Waals surface area contributed by atoms with Gasteiger partial charge in [-0.05, 0) is 0 Å².